The maximum absolute atomic E-state index is 6.18. The molecule has 21 heavy (non-hydrogen) atoms. The number of aromatic amines is 1. The van der Waals surface area contributed by atoms with Crippen LogP contribution in [0.5, 0.6) is 0 Å². The van der Waals surface area contributed by atoms with Gasteiger partial charge in [0.05, 0.1) is 4.47 Å². The number of H-pyrrole nitrogens is 1. The van der Waals surface area contributed by atoms with Gasteiger partial charge in [-0.3, -0.25) is 0 Å². The van der Waals surface area contributed by atoms with Gasteiger partial charge >= 0.3 is 0 Å². The molecule has 1 aliphatic carbocycles. The molecule has 1 aromatic heterocycles. The third-order valence-corrected chi connectivity index (χ3v) is 5.78. The Bertz CT molecular complexity index is 536. The van der Waals surface area contributed by atoms with Gasteiger partial charge in [0.1, 0.15) is 16.1 Å². The molecule has 0 atom stereocenters. The predicted octanol–water partition coefficient (Wildman–Crippen LogP) is 5.30. The van der Waals surface area contributed by atoms with Crippen LogP contribution in [0.2, 0.25) is 0 Å². The normalized spacial score (nSPS) is 26.0. The van der Waals surface area contributed by atoms with Crippen molar-refractivity contribution in [1.82, 2.24) is 9.97 Å². The number of hydrogen-bond acceptors (Lipinski definition) is 3. The summed E-state index contributed by atoms with van der Waals surface area (Å²) in [5, 5.41) is 0. The van der Waals surface area contributed by atoms with Crippen molar-refractivity contribution in [3.8, 4) is 0 Å². The fourth-order valence-electron chi connectivity index (χ4n) is 3.10. The monoisotopic (exact) mass is 372 g/mol. The molecule has 0 amide bonds. The second-order valence-electron chi connectivity index (χ2n) is 6.04. The first-order chi connectivity index (χ1) is 10.0. The lowest BCUT2D eigenvalue weighted by Gasteiger charge is -2.38. The van der Waals surface area contributed by atoms with Crippen molar-refractivity contribution in [3.63, 3.8) is 0 Å². The Morgan fingerprint density at radius 2 is 2.05 bits per heavy atom. The topological polar surface area (TPSA) is 37.9 Å². The van der Waals surface area contributed by atoms with E-state index in [1.54, 1.807) is 0 Å². The molecule has 2 rings (SSSR count). The molecule has 3 nitrogen and oxygen atoms in total. The molecule has 1 aliphatic rings. The zero-order chi connectivity index (χ0) is 15.5. The zero-order valence-corrected chi connectivity index (χ0v) is 15.6. The van der Waals surface area contributed by atoms with Gasteiger partial charge in [0.15, 0.2) is 0 Å². The molecular formula is C16H25BrN2OS. The summed E-state index contributed by atoms with van der Waals surface area (Å²) >= 11 is 9.00. The average molecular weight is 373 g/mol. The predicted molar refractivity (Wildman–Crippen MR) is 92.1 cm³/mol. The highest BCUT2D eigenvalue weighted by atomic mass is 79.9. The van der Waals surface area contributed by atoms with Crippen molar-refractivity contribution in [1.29, 1.82) is 0 Å². The number of nitrogens with zero attached hydrogens (tertiary/aromatic N) is 1. The molecule has 5 heteroatoms. The van der Waals surface area contributed by atoms with Crippen LogP contribution in [0.4, 0.5) is 0 Å². The number of ether oxygens (including phenoxy) is 1. The number of halogens is 1. The summed E-state index contributed by atoms with van der Waals surface area (Å²) in [6.07, 6.45) is 6.45. The van der Waals surface area contributed by atoms with Gasteiger partial charge in [0.25, 0.3) is 0 Å². The Morgan fingerprint density at radius 3 is 2.62 bits per heavy atom. The standard InChI is InChI=1S/C16H25BrN2OS/c1-4-6-12-13(17)14(21)19-15(18-12)16(20-5-2)9-7-11(3)8-10-16/h11H,4-10H2,1-3H3,(H,18,19,21). The fraction of sp³-hybridized carbons (Fsp3) is 0.750. The SMILES string of the molecule is CCCc1[nH]c(C2(OCC)CCC(C)CC2)nc(=S)c1Br. The summed E-state index contributed by atoms with van der Waals surface area (Å²) in [5.41, 5.74) is 0.864. The second-order valence-corrected chi connectivity index (χ2v) is 7.22. The van der Waals surface area contributed by atoms with E-state index in [0.717, 1.165) is 47.6 Å². The van der Waals surface area contributed by atoms with E-state index in [1.165, 1.54) is 12.8 Å². The van der Waals surface area contributed by atoms with Crippen molar-refractivity contribution in [2.75, 3.05) is 6.61 Å². The lowest BCUT2D eigenvalue weighted by molar-refractivity contribution is -0.0839. The van der Waals surface area contributed by atoms with Crippen LogP contribution in [0.15, 0.2) is 4.47 Å². The molecule has 0 aliphatic heterocycles. The number of nitrogens with one attached hydrogen (secondary N) is 1. The maximum Gasteiger partial charge on any atom is 0.144 e. The van der Waals surface area contributed by atoms with Gasteiger partial charge in [-0.05, 0) is 60.9 Å². The second kappa shape index (κ2) is 7.34. The van der Waals surface area contributed by atoms with E-state index in [1.807, 2.05) is 0 Å². The van der Waals surface area contributed by atoms with Crippen LogP contribution in [0, 0.1) is 10.6 Å². The van der Waals surface area contributed by atoms with Crippen molar-refractivity contribution in [2.24, 2.45) is 5.92 Å². The van der Waals surface area contributed by atoms with Gasteiger partial charge < -0.3 is 9.72 Å². The molecular weight excluding hydrogens is 348 g/mol. The molecule has 0 unspecified atom stereocenters. The number of aryl methyl sites for hydroxylation is 1. The third-order valence-electron chi connectivity index (χ3n) is 4.37. The molecule has 0 spiro atoms. The molecule has 0 saturated heterocycles. The molecule has 1 aromatic rings. The molecule has 0 aromatic carbocycles. The van der Waals surface area contributed by atoms with Crippen LogP contribution in [0.3, 0.4) is 0 Å². The highest BCUT2D eigenvalue weighted by Crippen LogP contribution is 2.41. The number of aromatic nitrogens is 2. The first-order valence-corrected chi connectivity index (χ1v) is 9.15. The lowest BCUT2D eigenvalue weighted by atomic mass is 9.78. The first-order valence-electron chi connectivity index (χ1n) is 7.95. The van der Waals surface area contributed by atoms with Gasteiger partial charge in [-0.25, -0.2) is 4.98 Å². The fourth-order valence-corrected chi connectivity index (χ4v) is 3.70. The minimum atomic E-state index is -0.280. The van der Waals surface area contributed by atoms with Crippen molar-refractivity contribution in [3.05, 3.63) is 20.6 Å². The van der Waals surface area contributed by atoms with Gasteiger partial charge in [0, 0.05) is 12.3 Å². The van der Waals surface area contributed by atoms with E-state index in [4.69, 9.17) is 17.0 Å². The van der Waals surface area contributed by atoms with Crippen LogP contribution in [-0.2, 0) is 16.8 Å². The molecule has 1 heterocycles. The van der Waals surface area contributed by atoms with Crippen molar-refractivity contribution >= 4 is 28.1 Å². The summed E-state index contributed by atoms with van der Waals surface area (Å²) < 4.78 is 7.75. The smallest absolute Gasteiger partial charge is 0.144 e. The summed E-state index contributed by atoms with van der Waals surface area (Å²) in [7, 11) is 0. The Balaban J connectivity index is 2.43. The summed E-state index contributed by atoms with van der Waals surface area (Å²) in [6, 6.07) is 0. The van der Waals surface area contributed by atoms with E-state index in [9.17, 15) is 0 Å². The molecule has 1 fully saturated rings. The summed E-state index contributed by atoms with van der Waals surface area (Å²) in [5.74, 6) is 1.69. The lowest BCUT2D eigenvalue weighted by Crippen LogP contribution is -2.36. The third kappa shape index (κ3) is 3.74. The number of hydrogen-bond donors (Lipinski definition) is 1. The molecule has 1 N–H and O–H groups in total. The van der Waals surface area contributed by atoms with Crippen LogP contribution in [0.25, 0.3) is 0 Å². The quantitative estimate of drug-likeness (QED) is 0.712. The van der Waals surface area contributed by atoms with E-state index in [-0.39, 0.29) is 5.60 Å². The maximum atomic E-state index is 6.18. The summed E-state index contributed by atoms with van der Waals surface area (Å²) in [4.78, 5) is 8.16. The van der Waals surface area contributed by atoms with Gasteiger partial charge in [0.2, 0.25) is 0 Å². The Kier molecular flexibility index (Phi) is 5.97. The minimum Gasteiger partial charge on any atom is -0.367 e. The van der Waals surface area contributed by atoms with Gasteiger partial charge in [-0.1, -0.05) is 32.5 Å². The molecule has 0 bridgehead atoms. The zero-order valence-electron chi connectivity index (χ0n) is 13.2. The van der Waals surface area contributed by atoms with Crippen LogP contribution in [0.1, 0.15) is 64.4 Å². The van der Waals surface area contributed by atoms with Crippen molar-refractivity contribution in [2.45, 2.75) is 64.9 Å². The van der Waals surface area contributed by atoms with E-state index in [0.29, 0.717) is 11.2 Å². The van der Waals surface area contributed by atoms with Gasteiger partial charge in [-0.15, -0.1) is 0 Å². The van der Waals surface area contributed by atoms with Crippen LogP contribution >= 0.6 is 28.1 Å². The first kappa shape index (κ1) is 17.1. The van der Waals surface area contributed by atoms with Crippen LogP contribution in [-0.4, -0.2) is 16.6 Å². The molecule has 0 radical (unpaired) electrons. The number of rotatable bonds is 5. The van der Waals surface area contributed by atoms with E-state index >= 15 is 0 Å². The van der Waals surface area contributed by atoms with Crippen molar-refractivity contribution < 1.29 is 4.74 Å². The van der Waals surface area contributed by atoms with Crippen LogP contribution < -0.4 is 0 Å². The van der Waals surface area contributed by atoms with E-state index < -0.39 is 0 Å². The Hall–Kier alpha value is -0.260. The average Bonchev–Trinajstić information content (AvgIpc) is 2.47. The summed E-state index contributed by atoms with van der Waals surface area (Å²) in [6.45, 7) is 7.25. The van der Waals surface area contributed by atoms with Gasteiger partial charge in [-0.2, -0.15) is 0 Å². The Morgan fingerprint density at radius 1 is 1.38 bits per heavy atom. The minimum absolute atomic E-state index is 0.280. The largest absolute Gasteiger partial charge is 0.367 e. The van der Waals surface area contributed by atoms with E-state index in [2.05, 4.69) is 46.7 Å². The Labute approximate surface area is 141 Å². The highest BCUT2D eigenvalue weighted by molar-refractivity contribution is 9.10. The molecule has 118 valence electrons. The molecule has 1 saturated carbocycles. The highest BCUT2D eigenvalue weighted by Gasteiger charge is 2.39.